The van der Waals surface area contributed by atoms with Crippen LogP contribution in [0.1, 0.15) is 65.0 Å². The van der Waals surface area contributed by atoms with Crippen LogP contribution in [0.25, 0.3) is 11.4 Å². The Morgan fingerprint density at radius 3 is 2.29 bits per heavy atom. The largest absolute Gasteiger partial charge is 0.348 e. The minimum atomic E-state index is -0.185. The number of thioether (sulfide) groups is 1. The highest BCUT2D eigenvalue weighted by Gasteiger charge is 2.27. The molecule has 0 saturated heterocycles. The minimum Gasteiger partial charge on any atom is -0.348 e. The second kappa shape index (κ2) is 8.27. The molecule has 0 aliphatic heterocycles. The van der Waals surface area contributed by atoms with E-state index < -0.39 is 0 Å². The highest BCUT2D eigenvalue weighted by molar-refractivity contribution is 8.00. The van der Waals surface area contributed by atoms with Crippen molar-refractivity contribution in [2.24, 2.45) is 0 Å². The molecule has 2 aromatic rings. The van der Waals surface area contributed by atoms with Gasteiger partial charge >= 0.3 is 0 Å². The molecule has 152 valence electrons. The van der Waals surface area contributed by atoms with Crippen LogP contribution in [0.2, 0.25) is 0 Å². The quantitative estimate of drug-likeness (QED) is 0.668. The lowest BCUT2D eigenvalue weighted by Crippen LogP contribution is -2.30. The van der Waals surface area contributed by atoms with Crippen molar-refractivity contribution < 1.29 is 4.79 Å². The molecule has 0 radical (unpaired) electrons. The molecule has 1 fully saturated rings. The van der Waals surface area contributed by atoms with E-state index in [0.717, 1.165) is 29.4 Å². The summed E-state index contributed by atoms with van der Waals surface area (Å²) in [6, 6.07) is 9.09. The number of rotatable bonds is 5. The highest BCUT2D eigenvalue weighted by atomic mass is 32.2. The maximum atomic E-state index is 12.3. The summed E-state index contributed by atoms with van der Waals surface area (Å²) in [6.07, 6.45) is 4.77. The number of hydrogen-bond donors (Lipinski definition) is 0. The van der Waals surface area contributed by atoms with Crippen molar-refractivity contribution in [3.63, 3.8) is 0 Å². The second-order valence-corrected chi connectivity index (χ2v) is 10.2. The Labute approximate surface area is 172 Å². The predicted octanol–water partition coefficient (Wildman–Crippen LogP) is 4.93. The Kier molecular flexibility index (Phi) is 6.18. The highest BCUT2D eigenvalue weighted by Crippen LogP contribution is 2.38. The summed E-state index contributed by atoms with van der Waals surface area (Å²) in [5, 5.41) is 9.71. The molecule has 0 spiro atoms. The summed E-state index contributed by atoms with van der Waals surface area (Å²) in [6.45, 7) is 8.61. The summed E-state index contributed by atoms with van der Waals surface area (Å²) in [4.78, 5) is 14.0. The number of nitrogens with zero attached hydrogens (tertiary/aromatic N) is 4. The van der Waals surface area contributed by atoms with E-state index in [1.54, 1.807) is 19.0 Å². The van der Waals surface area contributed by atoms with Gasteiger partial charge in [0.15, 0.2) is 11.0 Å². The minimum absolute atomic E-state index is 0.0991. The number of carbonyl (C=O) groups is 1. The number of carbonyl (C=O) groups excluding carboxylic acids is 1. The fraction of sp³-hybridized carbons (Fsp3) is 0.591. The fourth-order valence-corrected chi connectivity index (χ4v) is 4.80. The van der Waals surface area contributed by atoms with Crippen LogP contribution in [0.15, 0.2) is 29.4 Å². The van der Waals surface area contributed by atoms with Gasteiger partial charge in [0.25, 0.3) is 0 Å². The SMILES string of the molecule is C[C@H](Sc1nnc(-c2ccc(C(C)(C)C)cc2)n1C1CCCC1)C(=O)N(C)C. The van der Waals surface area contributed by atoms with Crippen molar-refractivity contribution in [1.82, 2.24) is 19.7 Å². The summed E-state index contributed by atoms with van der Waals surface area (Å²) in [5.41, 5.74) is 2.52. The molecule has 3 rings (SSSR count). The van der Waals surface area contributed by atoms with Gasteiger partial charge in [-0.2, -0.15) is 0 Å². The van der Waals surface area contributed by atoms with Crippen molar-refractivity contribution in [3.8, 4) is 11.4 Å². The third kappa shape index (κ3) is 4.43. The number of aromatic nitrogens is 3. The number of benzene rings is 1. The van der Waals surface area contributed by atoms with Gasteiger partial charge in [-0.15, -0.1) is 10.2 Å². The lowest BCUT2D eigenvalue weighted by Gasteiger charge is -2.21. The van der Waals surface area contributed by atoms with Crippen molar-refractivity contribution in [2.75, 3.05) is 14.1 Å². The maximum Gasteiger partial charge on any atom is 0.235 e. The third-order valence-electron chi connectivity index (χ3n) is 5.43. The standard InChI is InChI=1S/C22H32N4OS/c1-15(20(27)25(5)6)28-21-24-23-19(26(21)18-9-7-8-10-18)16-11-13-17(14-12-16)22(2,3)4/h11-15,18H,7-10H2,1-6H3/t15-/m0/s1. The Morgan fingerprint density at radius 1 is 1.14 bits per heavy atom. The molecular weight excluding hydrogens is 368 g/mol. The molecule has 1 atom stereocenters. The summed E-state index contributed by atoms with van der Waals surface area (Å²) < 4.78 is 2.28. The van der Waals surface area contributed by atoms with E-state index in [4.69, 9.17) is 0 Å². The summed E-state index contributed by atoms with van der Waals surface area (Å²) in [5.74, 6) is 1.02. The molecule has 1 amide bonds. The molecular formula is C22H32N4OS. The van der Waals surface area contributed by atoms with E-state index in [2.05, 4.69) is 59.8 Å². The van der Waals surface area contributed by atoms with Gasteiger partial charge < -0.3 is 4.90 Å². The van der Waals surface area contributed by atoms with E-state index in [9.17, 15) is 4.79 Å². The van der Waals surface area contributed by atoms with Gasteiger partial charge in [0.2, 0.25) is 5.91 Å². The predicted molar refractivity (Wildman–Crippen MR) is 116 cm³/mol. The van der Waals surface area contributed by atoms with Crippen LogP contribution in [0, 0.1) is 0 Å². The topological polar surface area (TPSA) is 51.0 Å². The molecule has 1 aliphatic rings. The van der Waals surface area contributed by atoms with E-state index >= 15 is 0 Å². The molecule has 1 aliphatic carbocycles. The Morgan fingerprint density at radius 2 is 1.75 bits per heavy atom. The van der Waals surface area contributed by atoms with Crippen LogP contribution >= 0.6 is 11.8 Å². The Bertz CT molecular complexity index is 814. The normalized spacial score (nSPS) is 16.4. The van der Waals surface area contributed by atoms with Crippen LogP contribution in [-0.4, -0.2) is 44.9 Å². The number of hydrogen-bond acceptors (Lipinski definition) is 4. The maximum absolute atomic E-state index is 12.3. The van der Waals surface area contributed by atoms with Crippen LogP contribution in [0.4, 0.5) is 0 Å². The van der Waals surface area contributed by atoms with Gasteiger partial charge in [0.05, 0.1) is 5.25 Å². The van der Waals surface area contributed by atoms with Crippen molar-refractivity contribution in [3.05, 3.63) is 29.8 Å². The van der Waals surface area contributed by atoms with E-state index in [1.807, 2.05) is 6.92 Å². The Hall–Kier alpha value is -1.82. The van der Waals surface area contributed by atoms with Crippen molar-refractivity contribution in [1.29, 1.82) is 0 Å². The van der Waals surface area contributed by atoms with E-state index in [-0.39, 0.29) is 16.6 Å². The average molecular weight is 401 g/mol. The van der Waals surface area contributed by atoms with Crippen molar-refractivity contribution in [2.45, 2.75) is 75.2 Å². The Balaban J connectivity index is 1.95. The molecule has 28 heavy (non-hydrogen) atoms. The molecule has 5 nitrogen and oxygen atoms in total. The molecule has 1 heterocycles. The van der Waals surface area contributed by atoms with E-state index in [0.29, 0.717) is 6.04 Å². The lowest BCUT2D eigenvalue weighted by atomic mass is 9.86. The average Bonchev–Trinajstić information content (AvgIpc) is 3.29. The molecule has 1 saturated carbocycles. The third-order valence-corrected chi connectivity index (χ3v) is 6.48. The van der Waals surface area contributed by atoms with Crippen LogP contribution in [0.5, 0.6) is 0 Å². The molecule has 0 N–H and O–H groups in total. The van der Waals surface area contributed by atoms with Gasteiger partial charge in [-0.1, -0.05) is 69.6 Å². The molecule has 1 aromatic carbocycles. The van der Waals surface area contributed by atoms with Crippen LogP contribution < -0.4 is 0 Å². The first-order chi connectivity index (χ1) is 13.2. The zero-order valence-corrected chi connectivity index (χ0v) is 18.7. The first-order valence-corrected chi connectivity index (χ1v) is 11.0. The smallest absolute Gasteiger partial charge is 0.235 e. The summed E-state index contributed by atoms with van der Waals surface area (Å²) >= 11 is 1.51. The summed E-state index contributed by atoms with van der Waals surface area (Å²) in [7, 11) is 3.59. The van der Waals surface area contributed by atoms with Crippen LogP contribution in [-0.2, 0) is 10.2 Å². The van der Waals surface area contributed by atoms with Crippen LogP contribution in [0.3, 0.4) is 0 Å². The fourth-order valence-electron chi connectivity index (χ4n) is 3.74. The van der Waals surface area contributed by atoms with Gasteiger partial charge in [-0.3, -0.25) is 9.36 Å². The monoisotopic (exact) mass is 400 g/mol. The van der Waals surface area contributed by atoms with Gasteiger partial charge in [-0.25, -0.2) is 0 Å². The van der Waals surface area contributed by atoms with E-state index in [1.165, 1.54) is 30.2 Å². The second-order valence-electron chi connectivity index (χ2n) is 8.93. The molecule has 0 bridgehead atoms. The molecule has 1 aromatic heterocycles. The first kappa shape index (κ1) is 20.9. The zero-order valence-electron chi connectivity index (χ0n) is 17.9. The van der Waals surface area contributed by atoms with Gasteiger partial charge in [0, 0.05) is 25.7 Å². The first-order valence-electron chi connectivity index (χ1n) is 10.1. The molecule has 6 heteroatoms. The van der Waals surface area contributed by atoms with Gasteiger partial charge in [-0.05, 0) is 30.7 Å². The lowest BCUT2D eigenvalue weighted by molar-refractivity contribution is -0.127. The zero-order chi connectivity index (χ0) is 20.5. The molecule has 0 unspecified atom stereocenters. The van der Waals surface area contributed by atoms with Gasteiger partial charge in [0.1, 0.15) is 0 Å². The number of amides is 1. The van der Waals surface area contributed by atoms with Crippen molar-refractivity contribution >= 4 is 17.7 Å².